The number of pyridine rings is 1. The van der Waals surface area contributed by atoms with Gasteiger partial charge < -0.3 is 4.90 Å². The molecule has 1 N–H and O–H groups in total. The molecule has 29 heavy (non-hydrogen) atoms. The Balaban J connectivity index is 1.83. The van der Waals surface area contributed by atoms with Gasteiger partial charge in [0.15, 0.2) is 12.5 Å². The second-order valence-corrected chi connectivity index (χ2v) is 8.87. The number of para-hydroxylation sites is 1. The molecule has 1 aliphatic heterocycles. The molecule has 2 atom stereocenters. The zero-order valence-corrected chi connectivity index (χ0v) is 18.3. The van der Waals surface area contributed by atoms with Crippen molar-refractivity contribution in [2.24, 2.45) is 5.92 Å². The summed E-state index contributed by atoms with van der Waals surface area (Å²) in [5.41, 5.74) is 3.37. The summed E-state index contributed by atoms with van der Waals surface area (Å²) in [6.07, 6.45) is 6.26. The molecule has 1 aliphatic rings. The first-order chi connectivity index (χ1) is 14.0. The highest BCUT2D eigenvalue weighted by molar-refractivity contribution is 7.71. The minimum atomic E-state index is 0.395. The van der Waals surface area contributed by atoms with Crippen molar-refractivity contribution in [1.29, 1.82) is 0 Å². The predicted octanol–water partition coefficient (Wildman–Crippen LogP) is 3.86. The van der Waals surface area contributed by atoms with Gasteiger partial charge in [-0.1, -0.05) is 39.0 Å². The molecule has 4 rings (SSSR count). The molecule has 152 valence electrons. The molecular formula is C23H30N5S+. The quantitative estimate of drug-likeness (QED) is 0.652. The van der Waals surface area contributed by atoms with Crippen molar-refractivity contribution >= 4 is 12.2 Å². The van der Waals surface area contributed by atoms with Crippen molar-refractivity contribution in [3.05, 3.63) is 59.1 Å². The van der Waals surface area contributed by atoms with Crippen LogP contribution < -0.4 is 4.90 Å². The highest BCUT2D eigenvalue weighted by atomic mass is 32.1. The number of quaternary nitrogens is 1. The van der Waals surface area contributed by atoms with E-state index in [0.29, 0.717) is 5.92 Å². The maximum absolute atomic E-state index is 5.97. The van der Waals surface area contributed by atoms with Crippen molar-refractivity contribution in [2.45, 2.75) is 46.2 Å². The minimum absolute atomic E-state index is 0.395. The summed E-state index contributed by atoms with van der Waals surface area (Å²) in [6, 6.07) is 12.5. The molecule has 0 bridgehead atoms. The van der Waals surface area contributed by atoms with E-state index in [0.717, 1.165) is 34.4 Å². The molecule has 0 amide bonds. The van der Waals surface area contributed by atoms with Crippen LogP contribution in [0, 0.1) is 10.7 Å². The number of benzene rings is 1. The number of rotatable bonds is 5. The van der Waals surface area contributed by atoms with E-state index < -0.39 is 0 Å². The lowest BCUT2D eigenvalue weighted by atomic mass is 10.0. The van der Waals surface area contributed by atoms with Crippen LogP contribution in [0.15, 0.2) is 48.8 Å². The van der Waals surface area contributed by atoms with Crippen LogP contribution in [-0.4, -0.2) is 32.4 Å². The Bertz CT molecular complexity index is 1020. The molecular weight excluding hydrogens is 378 g/mol. The first-order valence-corrected chi connectivity index (χ1v) is 11.0. The van der Waals surface area contributed by atoms with Gasteiger partial charge in [0.25, 0.3) is 0 Å². The monoisotopic (exact) mass is 408 g/mol. The first-order valence-electron chi connectivity index (χ1n) is 10.6. The normalized spacial score (nSPS) is 19.6. The summed E-state index contributed by atoms with van der Waals surface area (Å²) in [4.78, 5) is 5.87. The molecule has 1 unspecified atom stereocenters. The van der Waals surface area contributed by atoms with Gasteiger partial charge in [0.1, 0.15) is 0 Å². The summed E-state index contributed by atoms with van der Waals surface area (Å²) in [5, 5.41) is 4.99. The third kappa shape index (κ3) is 4.19. The largest absolute Gasteiger partial charge is 0.316 e. The Labute approximate surface area is 178 Å². The molecule has 5 nitrogen and oxygen atoms in total. The smallest absolute Gasteiger partial charge is 0.207 e. The third-order valence-electron chi connectivity index (χ3n) is 5.80. The number of nitrogens with one attached hydrogen (secondary N) is 1. The molecule has 0 spiro atoms. The molecule has 3 aromatic rings. The van der Waals surface area contributed by atoms with Crippen molar-refractivity contribution in [3.8, 4) is 17.1 Å². The number of piperidine rings is 1. The second kappa shape index (κ2) is 8.59. The summed E-state index contributed by atoms with van der Waals surface area (Å²) < 4.78 is 4.90. The fourth-order valence-corrected chi connectivity index (χ4v) is 4.63. The van der Waals surface area contributed by atoms with E-state index >= 15 is 0 Å². The van der Waals surface area contributed by atoms with Gasteiger partial charge in [-0.2, -0.15) is 4.68 Å². The minimum Gasteiger partial charge on any atom is -0.316 e. The van der Waals surface area contributed by atoms with Gasteiger partial charge in [0.2, 0.25) is 4.77 Å². The first kappa shape index (κ1) is 20.0. The van der Waals surface area contributed by atoms with E-state index in [-0.39, 0.29) is 0 Å². The van der Waals surface area contributed by atoms with Gasteiger partial charge >= 0.3 is 0 Å². The summed E-state index contributed by atoms with van der Waals surface area (Å²) in [7, 11) is 0. The van der Waals surface area contributed by atoms with Crippen LogP contribution in [0.25, 0.3) is 17.1 Å². The van der Waals surface area contributed by atoms with Gasteiger partial charge in [0.05, 0.1) is 18.8 Å². The summed E-state index contributed by atoms with van der Waals surface area (Å²) in [5.74, 6) is 2.02. The molecule has 1 saturated heterocycles. The van der Waals surface area contributed by atoms with Gasteiger partial charge in [-0.25, -0.2) is 0 Å². The lowest BCUT2D eigenvalue weighted by molar-refractivity contribution is -0.931. The number of likely N-dealkylation sites (tertiary alicyclic amines) is 1. The Morgan fingerprint density at radius 1 is 1.21 bits per heavy atom. The molecule has 6 heteroatoms. The van der Waals surface area contributed by atoms with Crippen LogP contribution in [0.5, 0.6) is 0 Å². The lowest BCUT2D eigenvalue weighted by Crippen LogP contribution is -3.12. The van der Waals surface area contributed by atoms with E-state index in [1.54, 1.807) is 11.1 Å². The molecule has 0 saturated carbocycles. The van der Waals surface area contributed by atoms with Crippen molar-refractivity contribution in [1.82, 2.24) is 19.3 Å². The second-order valence-electron chi connectivity index (χ2n) is 8.51. The van der Waals surface area contributed by atoms with Gasteiger partial charge in [-0.05, 0) is 54.7 Å². The van der Waals surface area contributed by atoms with E-state index in [1.807, 2.05) is 16.9 Å². The average molecular weight is 409 g/mol. The number of aromatic nitrogens is 4. The molecule has 1 fully saturated rings. The van der Waals surface area contributed by atoms with E-state index in [2.05, 4.69) is 60.7 Å². The van der Waals surface area contributed by atoms with E-state index in [4.69, 9.17) is 17.3 Å². The standard InChI is InChI=1S/C23H29N5S/c1-17(2)20-10-4-5-11-21(20)28-22(19-9-6-12-24-14-19)25-27(23(28)29)16-26-13-7-8-18(3)15-26/h4-6,9-12,14,17-18H,7-8,13,15-16H2,1-3H3/p+1/t18-/m0/s1. The Kier molecular flexibility index (Phi) is 5.92. The highest BCUT2D eigenvalue weighted by Gasteiger charge is 2.23. The van der Waals surface area contributed by atoms with Crippen LogP contribution in [0.1, 0.15) is 45.1 Å². The van der Waals surface area contributed by atoms with Crippen molar-refractivity contribution in [3.63, 3.8) is 0 Å². The zero-order chi connectivity index (χ0) is 20.4. The fourth-order valence-electron chi connectivity index (χ4n) is 4.34. The maximum Gasteiger partial charge on any atom is 0.207 e. The molecule has 3 heterocycles. The van der Waals surface area contributed by atoms with Gasteiger partial charge in [0, 0.05) is 23.9 Å². The maximum atomic E-state index is 5.97. The average Bonchev–Trinajstić information content (AvgIpc) is 3.04. The van der Waals surface area contributed by atoms with Crippen molar-refractivity contribution in [2.75, 3.05) is 13.1 Å². The highest BCUT2D eigenvalue weighted by Crippen LogP contribution is 2.28. The topological polar surface area (TPSA) is 40.1 Å². The predicted molar refractivity (Wildman–Crippen MR) is 119 cm³/mol. The van der Waals surface area contributed by atoms with Gasteiger partial charge in [-0.3, -0.25) is 9.55 Å². The third-order valence-corrected chi connectivity index (χ3v) is 6.19. The summed E-state index contributed by atoms with van der Waals surface area (Å²) in [6.45, 7) is 9.96. The van der Waals surface area contributed by atoms with Crippen LogP contribution >= 0.6 is 12.2 Å². The molecule has 0 aliphatic carbocycles. The Morgan fingerprint density at radius 3 is 2.76 bits per heavy atom. The SMILES string of the molecule is CC(C)c1ccccc1-n1c(-c2cccnc2)nn(C[NH+]2CCC[C@H](C)C2)c1=S. The van der Waals surface area contributed by atoms with Gasteiger partial charge in [-0.15, -0.1) is 5.10 Å². The zero-order valence-electron chi connectivity index (χ0n) is 17.5. The van der Waals surface area contributed by atoms with Crippen LogP contribution in [0.4, 0.5) is 0 Å². The molecule has 1 aromatic carbocycles. The number of hydrogen-bond donors (Lipinski definition) is 1. The summed E-state index contributed by atoms with van der Waals surface area (Å²) >= 11 is 5.97. The number of hydrogen-bond acceptors (Lipinski definition) is 3. The number of nitrogens with zero attached hydrogens (tertiary/aromatic N) is 4. The van der Waals surface area contributed by atoms with Crippen LogP contribution in [0.2, 0.25) is 0 Å². The Hall–Kier alpha value is -2.31. The Morgan fingerprint density at radius 2 is 2.03 bits per heavy atom. The molecule has 2 aromatic heterocycles. The van der Waals surface area contributed by atoms with Crippen LogP contribution in [-0.2, 0) is 6.67 Å². The van der Waals surface area contributed by atoms with E-state index in [9.17, 15) is 0 Å². The van der Waals surface area contributed by atoms with Crippen LogP contribution in [0.3, 0.4) is 0 Å². The molecule has 0 radical (unpaired) electrons. The lowest BCUT2D eigenvalue weighted by Gasteiger charge is -2.27. The fraction of sp³-hybridized carbons (Fsp3) is 0.435. The van der Waals surface area contributed by atoms with Crippen molar-refractivity contribution < 1.29 is 4.90 Å². The van der Waals surface area contributed by atoms with E-state index in [1.165, 1.54) is 31.5 Å².